The van der Waals surface area contributed by atoms with Crippen LogP contribution in [0.3, 0.4) is 0 Å². The Morgan fingerprint density at radius 1 is 0.619 bits per heavy atom. The van der Waals surface area contributed by atoms with Crippen molar-refractivity contribution >= 4 is 48.1 Å². The molecule has 214 valence electrons. The molecule has 0 heterocycles. The number of halogens is 4. The van der Waals surface area contributed by atoms with Crippen LogP contribution in [-0.4, -0.2) is 9.52 Å². The number of hydrogen-bond acceptors (Lipinski definition) is 0. The van der Waals surface area contributed by atoms with Crippen molar-refractivity contribution in [3.8, 4) is 22.3 Å². The van der Waals surface area contributed by atoms with Crippen molar-refractivity contribution in [3.63, 3.8) is 0 Å². The molecular weight excluding hydrogens is 661 g/mol. The van der Waals surface area contributed by atoms with Crippen LogP contribution in [0.4, 0.5) is 8.78 Å². The summed E-state index contributed by atoms with van der Waals surface area (Å²) in [6.45, 7) is 8.62. The second kappa shape index (κ2) is 17.7. The summed E-state index contributed by atoms with van der Waals surface area (Å²) in [7, 11) is 11.0. The maximum atomic E-state index is 13.0. The quantitative estimate of drug-likeness (QED) is 0.127. The van der Waals surface area contributed by atoms with Gasteiger partial charge >= 0.3 is 37.9 Å². The molecule has 0 N–H and O–H groups in total. The molecule has 0 atom stereocenters. The zero-order valence-electron chi connectivity index (χ0n) is 24.3. The van der Waals surface area contributed by atoms with E-state index in [2.05, 4.69) is 87.6 Å². The average molecular weight is 695 g/mol. The third-order valence-corrected chi connectivity index (χ3v) is 6.75. The molecule has 2 radical (unpaired) electrons. The first kappa shape index (κ1) is 34.1. The molecular formula is C36H34Cl2F2SiZr. The number of rotatable bonds is 4. The normalized spacial score (nSPS) is 10.1. The van der Waals surface area contributed by atoms with Crippen LogP contribution >= 0.6 is 17.0 Å². The van der Waals surface area contributed by atoms with Crippen molar-refractivity contribution < 1.29 is 29.6 Å². The Morgan fingerprint density at radius 3 is 1.26 bits per heavy atom. The van der Waals surface area contributed by atoms with Crippen LogP contribution in [0.5, 0.6) is 0 Å². The van der Waals surface area contributed by atoms with Crippen molar-refractivity contribution in [2.75, 3.05) is 0 Å². The van der Waals surface area contributed by atoms with Gasteiger partial charge in [-0.15, -0.1) is 69.1 Å². The fraction of sp³-hybridized carbons (Fsp3) is 0.167. The summed E-state index contributed by atoms with van der Waals surface area (Å²) in [5.74, 6) is -0.384. The van der Waals surface area contributed by atoms with Crippen LogP contribution in [0.15, 0.2) is 109 Å². The van der Waals surface area contributed by atoms with E-state index in [0.29, 0.717) is 0 Å². The summed E-state index contributed by atoms with van der Waals surface area (Å²) >= 11 is -0.826. The summed E-state index contributed by atoms with van der Waals surface area (Å²) in [4.78, 5) is 0. The molecule has 6 aromatic rings. The molecule has 6 aromatic carbocycles. The molecule has 0 bridgehead atoms. The SMILES string of the molecule is CCc1cc2c(-c3ccc(F)cc3)cccc2[cH-]1.CCc1cc2c(-c3ccc(F)cc3)cccc2[cH-]1.C[Si]C.[Cl][Zr+2][Cl]. The maximum absolute atomic E-state index is 13.0. The van der Waals surface area contributed by atoms with Crippen LogP contribution in [0, 0.1) is 11.6 Å². The number of aryl methyl sites for hydroxylation is 2. The molecule has 0 saturated carbocycles. The van der Waals surface area contributed by atoms with E-state index in [1.807, 2.05) is 24.3 Å². The van der Waals surface area contributed by atoms with Gasteiger partial charge in [0.2, 0.25) is 0 Å². The van der Waals surface area contributed by atoms with Crippen LogP contribution in [-0.2, 0) is 33.7 Å². The summed E-state index contributed by atoms with van der Waals surface area (Å²) in [5, 5.41) is 5.02. The molecule has 6 heteroatoms. The predicted molar refractivity (Wildman–Crippen MR) is 178 cm³/mol. The van der Waals surface area contributed by atoms with Gasteiger partial charge in [-0.25, -0.2) is 8.78 Å². The van der Waals surface area contributed by atoms with Gasteiger partial charge in [-0.2, -0.15) is 12.1 Å². The van der Waals surface area contributed by atoms with E-state index in [4.69, 9.17) is 17.0 Å². The summed E-state index contributed by atoms with van der Waals surface area (Å²) in [6, 6.07) is 34.9. The molecule has 0 nitrogen and oxygen atoms in total. The molecule has 0 fully saturated rings. The van der Waals surface area contributed by atoms with E-state index in [-0.39, 0.29) is 11.6 Å². The average Bonchev–Trinajstić information content (AvgIpc) is 3.63. The van der Waals surface area contributed by atoms with Gasteiger partial charge in [0.15, 0.2) is 0 Å². The molecule has 0 saturated heterocycles. The van der Waals surface area contributed by atoms with Gasteiger partial charge in [-0.05, 0) is 48.2 Å². The van der Waals surface area contributed by atoms with E-state index in [1.165, 1.54) is 68.1 Å². The fourth-order valence-electron chi connectivity index (χ4n) is 4.76. The van der Waals surface area contributed by atoms with Crippen molar-refractivity contribution in [1.82, 2.24) is 0 Å². The standard InChI is InChI=1S/2C17H14F.C2H6Si.2ClH.Zr/c2*1-2-12-10-14-4-3-5-16(17(14)11-12)13-6-8-15(18)9-7-13;1-3-2;;;/h2*3-11H,2H2,1H3;1-2H3;2*1H;/q2*-1;;;;+4/p-2. The van der Waals surface area contributed by atoms with Gasteiger partial charge < -0.3 is 0 Å². The second-order valence-electron chi connectivity index (χ2n) is 9.64. The summed E-state index contributed by atoms with van der Waals surface area (Å²) in [6.07, 6.45) is 2.08. The first-order valence-corrected chi connectivity index (χ1v) is 22.1. The Bertz CT molecular complexity index is 1530. The van der Waals surface area contributed by atoms with Crippen molar-refractivity contribution in [3.05, 3.63) is 132 Å². The molecule has 0 amide bonds. The molecule has 0 unspecified atom stereocenters. The Balaban J connectivity index is 0.000000195. The molecule has 42 heavy (non-hydrogen) atoms. The van der Waals surface area contributed by atoms with Crippen LogP contribution in [0.2, 0.25) is 13.1 Å². The monoisotopic (exact) mass is 692 g/mol. The van der Waals surface area contributed by atoms with Gasteiger partial charge in [-0.1, -0.05) is 74.5 Å². The van der Waals surface area contributed by atoms with E-state index in [1.54, 1.807) is 0 Å². The zero-order chi connectivity index (χ0) is 30.5. The van der Waals surface area contributed by atoms with Crippen LogP contribution < -0.4 is 0 Å². The molecule has 0 aliphatic heterocycles. The van der Waals surface area contributed by atoms with E-state index in [9.17, 15) is 8.78 Å². The molecule has 0 aliphatic carbocycles. The summed E-state index contributed by atoms with van der Waals surface area (Å²) < 4.78 is 26.0. The minimum absolute atomic E-state index is 0.192. The predicted octanol–water partition coefficient (Wildman–Crippen LogP) is 12.0. The van der Waals surface area contributed by atoms with Crippen molar-refractivity contribution in [1.29, 1.82) is 0 Å². The first-order chi connectivity index (χ1) is 20.4. The van der Waals surface area contributed by atoms with Gasteiger partial charge in [-0.3, -0.25) is 0 Å². The second-order valence-corrected chi connectivity index (χ2v) is 14.4. The number of hydrogen-bond donors (Lipinski definition) is 0. The van der Waals surface area contributed by atoms with E-state index >= 15 is 0 Å². The Morgan fingerprint density at radius 2 is 0.952 bits per heavy atom. The number of benzene rings is 4. The topological polar surface area (TPSA) is 0 Å². The van der Waals surface area contributed by atoms with Crippen LogP contribution in [0.1, 0.15) is 25.0 Å². The van der Waals surface area contributed by atoms with Crippen molar-refractivity contribution in [2.24, 2.45) is 0 Å². The third-order valence-electron chi connectivity index (χ3n) is 6.75. The van der Waals surface area contributed by atoms with Gasteiger partial charge in [0.25, 0.3) is 0 Å². The zero-order valence-corrected chi connectivity index (χ0v) is 29.3. The van der Waals surface area contributed by atoms with Crippen LogP contribution in [0.25, 0.3) is 43.8 Å². The molecule has 0 spiro atoms. The summed E-state index contributed by atoms with van der Waals surface area (Å²) in [5.41, 5.74) is 7.17. The first-order valence-electron chi connectivity index (χ1n) is 13.8. The van der Waals surface area contributed by atoms with Gasteiger partial charge in [0.05, 0.1) is 0 Å². The van der Waals surface area contributed by atoms with E-state index < -0.39 is 20.8 Å². The minimum atomic E-state index is -0.826. The van der Waals surface area contributed by atoms with E-state index in [0.717, 1.165) is 33.5 Å². The van der Waals surface area contributed by atoms with Crippen molar-refractivity contribution in [2.45, 2.75) is 39.8 Å². The molecule has 6 rings (SSSR count). The Kier molecular flexibility index (Phi) is 14.4. The Hall–Kier alpha value is -2.36. The van der Waals surface area contributed by atoms with Gasteiger partial charge in [0, 0.05) is 9.52 Å². The molecule has 0 aromatic heterocycles. The van der Waals surface area contributed by atoms with Gasteiger partial charge in [0.1, 0.15) is 11.6 Å². The fourth-order valence-corrected chi connectivity index (χ4v) is 4.76. The third kappa shape index (κ3) is 9.32. The molecule has 0 aliphatic rings. The Labute approximate surface area is 269 Å². The number of fused-ring (bicyclic) bond motifs is 2.